The number of halogens is 3. The van der Waals surface area contributed by atoms with E-state index in [-0.39, 0.29) is 29.2 Å². The van der Waals surface area contributed by atoms with Crippen molar-refractivity contribution in [1.29, 1.82) is 0 Å². The Balaban J connectivity index is 1.51. The number of piperidine rings is 1. The number of nitrogens with one attached hydrogen (secondary N) is 1. The van der Waals surface area contributed by atoms with Gasteiger partial charge in [0.2, 0.25) is 5.91 Å². The Labute approximate surface area is 173 Å². The molecular formula is C22H23ClF2N2O2. The molecule has 1 N–H and O–H groups in total. The number of hydrogen-bond donors (Lipinski definition) is 1. The van der Waals surface area contributed by atoms with Gasteiger partial charge in [-0.15, -0.1) is 0 Å². The Kier molecular flexibility index (Phi) is 6.98. The second kappa shape index (κ2) is 9.46. The number of rotatable bonds is 6. The predicted molar refractivity (Wildman–Crippen MR) is 108 cm³/mol. The van der Waals surface area contributed by atoms with Gasteiger partial charge in [-0.05, 0) is 68.8 Å². The van der Waals surface area contributed by atoms with Gasteiger partial charge in [0.1, 0.15) is 11.6 Å². The number of hydrogen-bond acceptors (Lipinski definition) is 3. The number of likely N-dealkylation sites (tertiary alicyclic amines) is 1. The fraction of sp³-hybridized carbons (Fsp3) is 0.364. The Hall–Kier alpha value is -2.31. The molecule has 1 amide bonds. The summed E-state index contributed by atoms with van der Waals surface area (Å²) in [6.07, 6.45) is 1.01. The summed E-state index contributed by atoms with van der Waals surface area (Å²) in [6, 6.07) is 9.85. The molecule has 3 rings (SSSR count). The van der Waals surface area contributed by atoms with E-state index in [2.05, 4.69) is 5.32 Å². The van der Waals surface area contributed by atoms with Gasteiger partial charge in [-0.3, -0.25) is 14.5 Å². The van der Waals surface area contributed by atoms with Crippen LogP contribution in [0.4, 0.5) is 8.78 Å². The van der Waals surface area contributed by atoms with Gasteiger partial charge < -0.3 is 5.32 Å². The van der Waals surface area contributed by atoms with Gasteiger partial charge in [-0.25, -0.2) is 8.78 Å². The molecule has 2 aromatic carbocycles. The molecule has 7 heteroatoms. The smallest absolute Gasteiger partial charge is 0.237 e. The normalized spacial score (nSPS) is 16.4. The SMILES string of the molecule is CC(C(=O)NCc1ccc(Cl)cc1)N1CCC(C(=O)c2cc(F)ccc2F)CC1. The summed E-state index contributed by atoms with van der Waals surface area (Å²) in [5.74, 6) is -2.17. The van der Waals surface area contributed by atoms with E-state index >= 15 is 0 Å². The number of ketones is 1. The van der Waals surface area contributed by atoms with Crippen LogP contribution < -0.4 is 5.32 Å². The van der Waals surface area contributed by atoms with E-state index in [1.54, 1.807) is 12.1 Å². The van der Waals surface area contributed by atoms with E-state index in [1.807, 2.05) is 24.0 Å². The maximum Gasteiger partial charge on any atom is 0.237 e. The summed E-state index contributed by atoms with van der Waals surface area (Å²) >= 11 is 5.86. The minimum Gasteiger partial charge on any atom is -0.351 e. The molecule has 154 valence electrons. The molecule has 0 saturated carbocycles. The molecule has 1 aliphatic heterocycles. The Morgan fingerprint density at radius 3 is 2.45 bits per heavy atom. The lowest BCUT2D eigenvalue weighted by atomic mass is 9.88. The van der Waals surface area contributed by atoms with Crippen molar-refractivity contribution in [1.82, 2.24) is 10.2 Å². The summed E-state index contributed by atoms with van der Waals surface area (Å²) < 4.78 is 27.2. The number of amides is 1. The Morgan fingerprint density at radius 1 is 1.14 bits per heavy atom. The quantitative estimate of drug-likeness (QED) is 0.712. The topological polar surface area (TPSA) is 49.4 Å². The van der Waals surface area contributed by atoms with E-state index in [1.165, 1.54) is 0 Å². The van der Waals surface area contributed by atoms with Crippen LogP contribution in [-0.2, 0) is 11.3 Å². The zero-order valence-corrected chi connectivity index (χ0v) is 16.9. The molecule has 2 aromatic rings. The molecule has 1 atom stereocenters. The predicted octanol–water partition coefficient (Wildman–Crippen LogP) is 4.22. The van der Waals surface area contributed by atoms with Gasteiger partial charge in [0.25, 0.3) is 0 Å². The highest BCUT2D eigenvalue weighted by Gasteiger charge is 2.31. The zero-order valence-electron chi connectivity index (χ0n) is 16.1. The number of carbonyl (C=O) groups excluding carboxylic acids is 2. The minimum atomic E-state index is -0.700. The van der Waals surface area contributed by atoms with E-state index in [0.29, 0.717) is 37.5 Å². The fourth-order valence-electron chi connectivity index (χ4n) is 3.56. The van der Waals surface area contributed by atoms with Crippen LogP contribution in [0.15, 0.2) is 42.5 Å². The third-order valence-electron chi connectivity index (χ3n) is 5.40. The molecule has 1 unspecified atom stereocenters. The van der Waals surface area contributed by atoms with E-state index in [9.17, 15) is 18.4 Å². The molecule has 0 bridgehead atoms. The first kappa shape index (κ1) is 21.4. The van der Waals surface area contributed by atoms with Crippen LogP contribution in [0.2, 0.25) is 5.02 Å². The molecule has 0 spiro atoms. The van der Waals surface area contributed by atoms with Crippen molar-refractivity contribution in [2.24, 2.45) is 5.92 Å². The van der Waals surface area contributed by atoms with Crippen molar-refractivity contribution < 1.29 is 18.4 Å². The number of nitrogens with zero attached hydrogens (tertiary/aromatic N) is 1. The highest BCUT2D eigenvalue weighted by molar-refractivity contribution is 6.30. The van der Waals surface area contributed by atoms with Gasteiger partial charge in [0, 0.05) is 17.5 Å². The van der Waals surface area contributed by atoms with Crippen LogP contribution in [0.3, 0.4) is 0 Å². The van der Waals surface area contributed by atoms with E-state index < -0.39 is 11.6 Å². The van der Waals surface area contributed by atoms with Gasteiger partial charge in [-0.1, -0.05) is 23.7 Å². The molecule has 1 fully saturated rings. The van der Waals surface area contributed by atoms with Crippen molar-refractivity contribution in [3.63, 3.8) is 0 Å². The lowest BCUT2D eigenvalue weighted by molar-refractivity contribution is -0.126. The van der Waals surface area contributed by atoms with Crippen LogP contribution in [0.5, 0.6) is 0 Å². The van der Waals surface area contributed by atoms with E-state index in [4.69, 9.17) is 11.6 Å². The minimum absolute atomic E-state index is 0.0964. The molecule has 4 nitrogen and oxygen atoms in total. The fourth-order valence-corrected chi connectivity index (χ4v) is 3.69. The largest absolute Gasteiger partial charge is 0.351 e. The number of Topliss-reactive ketones (excluding diaryl/α,β-unsaturated/α-hetero) is 1. The molecule has 1 aliphatic rings. The molecule has 0 aliphatic carbocycles. The van der Waals surface area contributed by atoms with Gasteiger partial charge >= 0.3 is 0 Å². The highest BCUT2D eigenvalue weighted by Crippen LogP contribution is 2.24. The summed E-state index contributed by atoms with van der Waals surface area (Å²) in [7, 11) is 0. The van der Waals surface area contributed by atoms with Crippen LogP contribution in [0, 0.1) is 17.6 Å². The molecule has 0 aromatic heterocycles. The third kappa shape index (κ3) is 5.40. The summed E-state index contributed by atoms with van der Waals surface area (Å²) in [6.45, 7) is 3.32. The molecule has 0 radical (unpaired) electrons. The monoisotopic (exact) mass is 420 g/mol. The van der Waals surface area contributed by atoms with Gasteiger partial charge in [-0.2, -0.15) is 0 Å². The van der Waals surface area contributed by atoms with Crippen molar-refractivity contribution >= 4 is 23.3 Å². The Bertz CT molecular complexity index is 881. The molecule has 1 saturated heterocycles. The summed E-state index contributed by atoms with van der Waals surface area (Å²) in [5, 5.41) is 3.55. The van der Waals surface area contributed by atoms with E-state index in [0.717, 1.165) is 23.8 Å². The van der Waals surface area contributed by atoms with Crippen LogP contribution in [0.25, 0.3) is 0 Å². The summed E-state index contributed by atoms with van der Waals surface area (Å²) in [4.78, 5) is 27.0. The lowest BCUT2D eigenvalue weighted by Gasteiger charge is -2.34. The molecule has 1 heterocycles. The zero-order chi connectivity index (χ0) is 21.0. The molecule has 29 heavy (non-hydrogen) atoms. The average Bonchev–Trinajstić information content (AvgIpc) is 2.74. The summed E-state index contributed by atoms with van der Waals surface area (Å²) in [5.41, 5.74) is 0.758. The van der Waals surface area contributed by atoms with Gasteiger partial charge in [0.05, 0.1) is 11.6 Å². The second-order valence-electron chi connectivity index (χ2n) is 7.32. The second-order valence-corrected chi connectivity index (χ2v) is 7.76. The van der Waals surface area contributed by atoms with Crippen LogP contribution >= 0.6 is 11.6 Å². The van der Waals surface area contributed by atoms with Crippen LogP contribution in [0.1, 0.15) is 35.7 Å². The highest BCUT2D eigenvalue weighted by atomic mass is 35.5. The first-order chi connectivity index (χ1) is 13.8. The lowest BCUT2D eigenvalue weighted by Crippen LogP contribution is -2.48. The first-order valence-corrected chi connectivity index (χ1v) is 9.98. The third-order valence-corrected chi connectivity index (χ3v) is 5.65. The van der Waals surface area contributed by atoms with Gasteiger partial charge in [0.15, 0.2) is 5.78 Å². The van der Waals surface area contributed by atoms with Crippen molar-refractivity contribution in [2.45, 2.75) is 32.4 Å². The first-order valence-electron chi connectivity index (χ1n) is 9.60. The number of carbonyl (C=O) groups is 2. The standard InChI is InChI=1S/C22H23ClF2N2O2/c1-14(22(29)26-13-15-2-4-17(23)5-3-15)27-10-8-16(9-11-27)21(28)19-12-18(24)6-7-20(19)25/h2-7,12,14,16H,8-11,13H2,1H3,(H,26,29). The van der Waals surface area contributed by atoms with Crippen molar-refractivity contribution in [3.05, 3.63) is 70.2 Å². The number of benzene rings is 2. The van der Waals surface area contributed by atoms with Crippen molar-refractivity contribution in [3.8, 4) is 0 Å². The van der Waals surface area contributed by atoms with Crippen LogP contribution in [-0.4, -0.2) is 35.7 Å². The maximum absolute atomic E-state index is 13.9. The van der Waals surface area contributed by atoms with Crippen molar-refractivity contribution in [2.75, 3.05) is 13.1 Å². The molecular weight excluding hydrogens is 398 g/mol. The average molecular weight is 421 g/mol. The maximum atomic E-state index is 13.9. The Morgan fingerprint density at radius 2 is 1.79 bits per heavy atom.